The van der Waals surface area contributed by atoms with E-state index in [4.69, 9.17) is 0 Å². The molecule has 0 spiro atoms. The third-order valence-electron chi connectivity index (χ3n) is 4.61. The number of nitrogens with one attached hydrogen (secondary N) is 1. The van der Waals surface area contributed by atoms with Crippen LogP contribution >= 0.6 is 0 Å². The van der Waals surface area contributed by atoms with Crippen molar-refractivity contribution < 1.29 is 4.79 Å². The SMILES string of the molecule is Cc1ccc(C)c(Nc2nc(C)cc(C(=O)N3CCCCCC3)n2)c1. The van der Waals surface area contributed by atoms with Gasteiger partial charge in [-0.3, -0.25) is 4.79 Å². The Balaban J connectivity index is 1.84. The highest BCUT2D eigenvalue weighted by atomic mass is 16.2. The predicted molar refractivity (Wildman–Crippen MR) is 100 cm³/mol. The van der Waals surface area contributed by atoms with E-state index in [0.717, 1.165) is 42.9 Å². The maximum Gasteiger partial charge on any atom is 0.272 e. The van der Waals surface area contributed by atoms with Gasteiger partial charge in [0.15, 0.2) is 0 Å². The molecule has 5 heteroatoms. The van der Waals surface area contributed by atoms with Crippen LogP contribution in [0, 0.1) is 20.8 Å². The number of amides is 1. The fourth-order valence-electron chi connectivity index (χ4n) is 3.16. The van der Waals surface area contributed by atoms with Crippen molar-refractivity contribution in [2.75, 3.05) is 18.4 Å². The highest BCUT2D eigenvalue weighted by Crippen LogP contribution is 2.21. The Hall–Kier alpha value is -2.43. The summed E-state index contributed by atoms with van der Waals surface area (Å²) in [4.78, 5) is 23.7. The van der Waals surface area contributed by atoms with Crippen LogP contribution in [0.2, 0.25) is 0 Å². The minimum Gasteiger partial charge on any atom is -0.337 e. The lowest BCUT2D eigenvalue weighted by Gasteiger charge is -2.20. The summed E-state index contributed by atoms with van der Waals surface area (Å²) in [5, 5.41) is 3.27. The van der Waals surface area contributed by atoms with Gasteiger partial charge in [0.1, 0.15) is 5.69 Å². The molecule has 1 N–H and O–H groups in total. The second kappa shape index (κ2) is 7.64. The number of nitrogens with zero attached hydrogens (tertiary/aromatic N) is 3. The first-order valence-corrected chi connectivity index (χ1v) is 9.02. The van der Waals surface area contributed by atoms with E-state index < -0.39 is 0 Å². The van der Waals surface area contributed by atoms with Crippen molar-refractivity contribution in [1.29, 1.82) is 0 Å². The molecular formula is C20H26N4O. The van der Waals surface area contributed by atoms with Gasteiger partial charge in [0.2, 0.25) is 5.95 Å². The number of carbonyl (C=O) groups is 1. The average Bonchev–Trinajstić information content (AvgIpc) is 2.86. The molecule has 0 bridgehead atoms. The lowest BCUT2D eigenvalue weighted by molar-refractivity contribution is 0.0755. The lowest BCUT2D eigenvalue weighted by Crippen LogP contribution is -2.32. The highest BCUT2D eigenvalue weighted by Gasteiger charge is 2.19. The van der Waals surface area contributed by atoms with Gasteiger partial charge in [-0.1, -0.05) is 25.0 Å². The summed E-state index contributed by atoms with van der Waals surface area (Å²) in [6.07, 6.45) is 4.55. The van der Waals surface area contributed by atoms with Crippen molar-refractivity contribution in [3.8, 4) is 0 Å². The summed E-state index contributed by atoms with van der Waals surface area (Å²) in [5.41, 5.74) is 4.53. The molecule has 1 fully saturated rings. The zero-order valence-corrected chi connectivity index (χ0v) is 15.3. The monoisotopic (exact) mass is 338 g/mol. The van der Waals surface area contributed by atoms with Crippen LogP contribution in [-0.2, 0) is 0 Å². The molecule has 0 saturated carbocycles. The van der Waals surface area contributed by atoms with Crippen LogP contribution in [0.4, 0.5) is 11.6 Å². The summed E-state index contributed by atoms with van der Waals surface area (Å²) in [7, 11) is 0. The van der Waals surface area contributed by atoms with Crippen LogP contribution in [0.15, 0.2) is 24.3 Å². The number of hydrogen-bond acceptors (Lipinski definition) is 4. The fourth-order valence-corrected chi connectivity index (χ4v) is 3.16. The molecule has 2 aromatic rings. The third kappa shape index (κ3) is 4.35. The van der Waals surface area contributed by atoms with Crippen molar-refractivity contribution in [2.24, 2.45) is 0 Å². The van der Waals surface area contributed by atoms with E-state index in [1.807, 2.05) is 18.7 Å². The van der Waals surface area contributed by atoms with Gasteiger partial charge in [0.25, 0.3) is 5.91 Å². The van der Waals surface area contributed by atoms with Gasteiger partial charge in [-0.2, -0.15) is 0 Å². The molecule has 1 aliphatic heterocycles. The Morgan fingerprint density at radius 2 is 1.72 bits per heavy atom. The van der Waals surface area contributed by atoms with E-state index in [-0.39, 0.29) is 5.91 Å². The molecule has 0 unspecified atom stereocenters. The van der Waals surface area contributed by atoms with E-state index in [0.29, 0.717) is 11.6 Å². The first-order chi connectivity index (χ1) is 12.0. The van der Waals surface area contributed by atoms with Crippen molar-refractivity contribution in [1.82, 2.24) is 14.9 Å². The molecule has 1 aromatic heterocycles. The Labute approximate surface area is 149 Å². The van der Waals surface area contributed by atoms with Crippen LogP contribution in [0.25, 0.3) is 0 Å². The number of hydrogen-bond donors (Lipinski definition) is 1. The summed E-state index contributed by atoms with van der Waals surface area (Å²) in [6, 6.07) is 7.99. The highest BCUT2D eigenvalue weighted by molar-refractivity contribution is 5.92. The number of carbonyl (C=O) groups excluding carboxylic acids is 1. The topological polar surface area (TPSA) is 58.1 Å². The van der Waals surface area contributed by atoms with Crippen molar-refractivity contribution in [2.45, 2.75) is 46.5 Å². The van der Waals surface area contributed by atoms with Crippen molar-refractivity contribution in [3.05, 3.63) is 46.8 Å². The second-order valence-electron chi connectivity index (χ2n) is 6.87. The van der Waals surface area contributed by atoms with Crippen LogP contribution in [0.1, 0.15) is 53.0 Å². The zero-order valence-electron chi connectivity index (χ0n) is 15.3. The van der Waals surface area contributed by atoms with E-state index in [1.165, 1.54) is 18.4 Å². The number of likely N-dealkylation sites (tertiary alicyclic amines) is 1. The molecular weight excluding hydrogens is 312 g/mol. The van der Waals surface area contributed by atoms with Crippen LogP contribution in [-0.4, -0.2) is 33.9 Å². The molecule has 0 aliphatic carbocycles. The molecule has 0 atom stereocenters. The molecule has 0 radical (unpaired) electrons. The molecule has 5 nitrogen and oxygen atoms in total. The predicted octanol–water partition coefficient (Wildman–Crippen LogP) is 4.16. The maximum absolute atomic E-state index is 12.8. The summed E-state index contributed by atoms with van der Waals surface area (Å²) in [6.45, 7) is 7.63. The van der Waals surface area contributed by atoms with Gasteiger partial charge in [-0.05, 0) is 56.9 Å². The van der Waals surface area contributed by atoms with E-state index in [1.54, 1.807) is 6.07 Å². The zero-order chi connectivity index (χ0) is 17.8. The van der Waals surface area contributed by atoms with Gasteiger partial charge in [0, 0.05) is 24.5 Å². The third-order valence-corrected chi connectivity index (χ3v) is 4.61. The number of benzene rings is 1. The van der Waals surface area contributed by atoms with Crippen molar-refractivity contribution in [3.63, 3.8) is 0 Å². The molecule has 1 aromatic carbocycles. The molecule has 1 aliphatic rings. The van der Waals surface area contributed by atoms with Gasteiger partial charge in [-0.25, -0.2) is 9.97 Å². The molecule has 3 rings (SSSR count). The average molecular weight is 338 g/mol. The smallest absolute Gasteiger partial charge is 0.272 e. The number of anilines is 2. The van der Waals surface area contributed by atoms with Gasteiger partial charge >= 0.3 is 0 Å². The standard InChI is InChI=1S/C20H26N4O/c1-14-8-9-15(2)17(12-14)22-20-21-16(3)13-18(23-20)19(25)24-10-6-4-5-7-11-24/h8-9,12-13H,4-7,10-11H2,1-3H3,(H,21,22,23). The number of rotatable bonds is 3. The van der Waals surface area contributed by atoms with Crippen molar-refractivity contribution >= 4 is 17.5 Å². The van der Waals surface area contributed by atoms with Gasteiger partial charge < -0.3 is 10.2 Å². The summed E-state index contributed by atoms with van der Waals surface area (Å²) in [5.74, 6) is 0.489. The molecule has 2 heterocycles. The van der Waals surface area contributed by atoms with Gasteiger partial charge in [0.05, 0.1) is 0 Å². The largest absolute Gasteiger partial charge is 0.337 e. The minimum absolute atomic E-state index is 0.0106. The second-order valence-corrected chi connectivity index (χ2v) is 6.87. The molecule has 132 valence electrons. The Morgan fingerprint density at radius 3 is 2.44 bits per heavy atom. The van der Waals surface area contributed by atoms with Crippen LogP contribution in [0.5, 0.6) is 0 Å². The number of aromatic nitrogens is 2. The Bertz CT molecular complexity index is 764. The van der Waals surface area contributed by atoms with E-state index in [2.05, 4.69) is 40.4 Å². The molecule has 1 amide bonds. The normalized spacial score (nSPS) is 14.9. The quantitative estimate of drug-likeness (QED) is 0.913. The van der Waals surface area contributed by atoms with Crippen LogP contribution in [0.3, 0.4) is 0 Å². The van der Waals surface area contributed by atoms with E-state index >= 15 is 0 Å². The maximum atomic E-state index is 12.8. The summed E-state index contributed by atoms with van der Waals surface area (Å²) >= 11 is 0. The van der Waals surface area contributed by atoms with Gasteiger partial charge in [-0.15, -0.1) is 0 Å². The van der Waals surface area contributed by atoms with Crippen LogP contribution < -0.4 is 5.32 Å². The molecule has 25 heavy (non-hydrogen) atoms. The number of aryl methyl sites for hydroxylation is 3. The lowest BCUT2D eigenvalue weighted by atomic mass is 10.1. The molecule has 1 saturated heterocycles. The first kappa shape index (κ1) is 17.4. The Kier molecular flexibility index (Phi) is 5.31. The fraction of sp³-hybridized carbons (Fsp3) is 0.450. The Morgan fingerprint density at radius 1 is 1.00 bits per heavy atom. The summed E-state index contributed by atoms with van der Waals surface area (Å²) < 4.78 is 0. The first-order valence-electron chi connectivity index (χ1n) is 9.02. The minimum atomic E-state index is 0.0106. The van der Waals surface area contributed by atoms with E-state index in [9.17, 15) is 4.79 Å².